The molecule has 172 valence electrons. The maximum Gasteiger partial charge on any atom is 0.318 e. The fourth-order valence-corrected chi connectivity index (χ4v) is 2.88. The van der Waals surface area contributed by atoms with Gasteiger partial charge in [0.15, 0.2) is 18.5 Å². The van der Waals surface area contributed by atoms with E-state index in [1.54, 1.807) is 6.08 Å². The number of carboxylic acids is 2. The molecule has 2 aliphatic rings. The van der Waals surface area contributed by atoms with Crippen molar-refractivity contribution >= 4 is 23.5 Å². The number of carboxylic acid groups (broad SMARTS) is 2. The number of allylic oxidation sites excluding steroid dienone is 2. The Morgan fingerprint density at radius 3 is 1.77 bits per heavy atom. The molecular weight excluding hydrogens is 416 g/mol. The molecule has 0 aromatic rings. The number of halogens is 1. The van der Waals surface area contributed by atoms with Gasteiger partial charge >= 0.3 is 11.9 Å². The van der Waals surface area contributed by atoms with E-state index in [0.717, 1.165) is 38.7 Å². The van der Waals surface area contributed by atoms with Crippen molar-refractivity contribution in [2.45, 2.75) is 57.5 Å². The van der Waals surface area contributed by atoms with Crippen molar-refractivity contribution in [2.75, 3.05) is 32.3 Å². The summed E-state index contributed by atoms with van der Waals surface area (Å²) in [5.74, 6) is -3.51. The summed E-state index contributed by atoms with van der Waals surface area (Å²) in [4.78, 5) is 21.2. The second-order valence-electron chi connectivity index (χ2n) is 6.82. The molecule has 0 aromatic heterocycles. The summed E-state index contributed by atoms with van der Waals surface area (Å²) in [6.07, 6.45) is 13.1. The molecule has 9 heteroatoms. The highest BCUT2D eigenvalue weighted by Gasteiger charge is 2.23. The van der Waals surface area contributed by atoms with E-state index < -0.39 is 17.9 Å². The van der Waals surface area contributed by atoms with Crippen LogP contribution >= 0.6 is 11.6 Å². The standard InChI is InChI=1S/C12H18O6.C9H15ClO2/c13-11(14)9(12(15)16)5-1-3-7-17-10-6-2-4-8-18-10;10-6-2-4-8-12-9-5-1-3-7-11-9/h1,3,9-10H,2,4-8H2,(H,13,14)(H,15,16);2,4,9H,1,3,5-8H2. The van der Waals surface area contributed by atoms with Crippen LogP contribution in [0, 0.1) is 5.92 Å². The molecule has 2 aliphatic heterocycles. The Hall–Kier alpha value is -1.45. The van der Waals surface area contributed by atoms with Crippen molar-refractivity contribution in [3.05, 3.63) is 24.3 Å². The molecule has 0 aromatic carbocycles. The molecule has 30 heavy (non-hydrogen) atoms. The van der Waals surface area contributed by atoms with Gasteiger partial charge in [0.1, 0.15) is 0 Å². The molecule has 8 nitrogen and oxygen atoms in total. The molecule has 2 unspecified atom stereocenters. The molecule has 2 fully saturated rings. The van der Waals surface area contributed by atoms with Crippen molar-refractivity contribution in [3.63, 3.8) is 0 Å². The Labute approximate surface area is 182 Å². The second kappa shape index (κ2) is 17.3. The average molecular weight is 449 g/mol. The maximum absolute atomic E-state index is 10.6. The average Bonchev–Trinajstić information content (AvgIpc) is 2.75. The molecule has 2 heterocycles. The van der Waals surface area contributed by atoms with Crippen LogP contribution in [0.4, 0.5) is 0 Å². The first-order valence-corrected chi connectivity index (χ1v) is 10.9. The Kier molecular flexibility index (Phi) is 15.3. The van der Waals surface area contributed by atoms with Crippen LogP contribution < -0.4 is 0 Å². The van der Waals surface area contributed by atoms with E-state index in [-0.39, 0.29) is 19.0 Å². The van der Waals surface area contributed by atoms with E-state index in [2.05, 4.69) is 0 Å². The molecule has 0 spiro atoms. The van der Waals surface area contributed by atoms with Crippen molar-refractivity contribution < 1.29 is 38.7 Å². The molecule has 0 bridgehead atoms. The lowest BCUT2D eigenvalue weighted by atomic mass is 10.1. The smallest absolute Gasteiger partial charge is 0.318 e. The highest BCUT2D eigenvalue weighted by molar-refractivity contribution is 6.18. The summed E-state index contributed by atoms with van der Waals surface area (Å²) >= 11 is 5.45. The second-order valence-corrected chi connectivity index (χ2v) is 7.13. The van der Waals surface area contributed by atoms with Crippen molar-refractivity contribution in [3.8, 4) is 0 Å². The van der Waals surface area contributed by atoms with Crippen LogP contribution in [0.5, 0.6) is 0 Å². The van der Waals surface area contributed by atoms with Gasteiger partial charge in [-0.05, 0) is 44.9 Å². The van der Waals surface area contributed by atoms with E-state index in [9.17, 15) is 9.59 Å². The highest BCUT2D eigenvalue weighted by Crippen LogP contribution is 2.14. The molecule has 2 atom stereocenters. The van der Waals surface area contributed by atoms with E-state index in [1.165, 1.54) is 12.5 Å². The van der Waals surface area contributed by atoms with Gasteiger partial charge in [-0.25, -0.2) is 0 Å². The number of ether oxygens (including phenoxy) is 4. The van der Waals surface area contributed by atoms with E-state index in [0.29, 0.717) is 25.7 Å². The zero-order valence-corrected chi connectivity index (χ0v) is 18.0. The quantitative estimate of drug-likeness (QED) is 0.280. The van der Waals surface area contributed by atoms with Crippen LogP contribution in [0.1, 0.15) is 44.9 Å². The number of aliphatic carboxylic acids is 2. The van der Waals surface area contributed by atoms with Crippen LogP contribution in [-0.2, 0) is 28.5 Å². The van der Waals surface area contributed by atoms with Crippen LogP contribution in [0.3, 0.4) is 0 Å². The Bertz CT molecular complexity index is 511. The summed E-state index contributed by atoms with van der Waals surface area (Å²) in [6.45, 7) is 2.45. The fraction of sp³-hybridized carbons (Fsp3) is 0.714. The molecule has 0 saturated carbocycles. The first-order chi connectivity index (χ1) is 14.5. The summed E-state index contributed by atoms with van der Waals surface area (Å²) in [6, 6.07) is 0. The zero-order valence-electron chi connectivity index (χ0n) is 17.2. The number of rotatable bonds is 11. The highest BCUT2D eigenvalue weighted by atomic mass is 35.5. The van der Waals surface area contributed by atoms with Gasteiger partial charge in [-0.1, -0.05) is 24.3 Å². The van der Waals surface area contributed by atoms with Crippen LogP contribution in [0.25, 0.3) is 0 Å². The number of hydrogen-bond donors (Lipinski definition) is 2. The van der Waals surface area contributed by atoms with Gasteiger partial charge in [0.05, 0.1) is 13.2 Å². The summed E-state index contributed by atoms with van der Waals surface area (Å²) in [5.41, 5.74) is 0. The maximum atomic E-state index is 10.6. The Morgan fingerprint density at radius 2 is 1.37 bits per heavy atom. The lowest BCUT2D eigenvalue weighted by molar-refractivity contribution is -0.156. The number of hydrogen-bond acceptors (Lipinski definition) is 6. The van der Waals surface area contributed by atoms with Gasteiger partial charge in [0.25, 0.3) is 0 Å². The minimum Gasteiger partial charge on any atom is -0.481 e. The largest absolute Gasteiger partial charge is 0.481 e. The van der Waals surface area contributed by atoms with Gasteiger partial charge in [-0.3, -0.25) is 9.59 Å². The topological polar surface area (TPSA) is 112 Å². The van der Waals surface area contributed by atoms with Gasteiger partial charge in [-0.15, -0.1) is 11.6 Å². The van der Waals surface area contributed by atoms with Crippen molar-refractivity contribution in [1.82, 2.24) is 0 Å². The summed E-state index contributed by atoms with van der Waals surface area (Å²) in [5, 5.41) is 17.3. The fourth-order valence-electron chi connectivity index (χ4n) is 2.75. The summed E-state index contributed by atoms with van der Waals surface area (Å²) in [7, 11) is 0. The van der Waals surface area contributed by atoms with E-state index in [1.807, 2.05) is 12.2 Å². The van der Waals surface area contributed by atoms with Crippen molar-refractivity contribution in [1.29, 1.82) is 0 Å². The predicted molar refractivity (Wildman–Crippen MR) is 111 cm³/mol. The van der Waals surface area contributed by atoms with Gasteiger partial charge < -0.3 is 29.2 Å². The molecule has 0 aliphatic carbocycles. The Balaban J connectivity index is 0.000000325. The molecule has 2 N–H and O–H groups in total. The third kappa shape index (κ3) is 13.0. The third-order valence-electron chi connectivity index (χ3n) is 4.42. The first-order valence-electron chi connectivity index (χ1n) is 10.3. The normalized spacial score (nSPS) is 22.2. The minimum absolute atomic E-state index is 0.0127. The molecule has 0 radical (unpaired) electrons. The van der Waals surface area contributed by atoms with Gasteiger partial charge in [-0.2, -0.15) is 0 Å². The van der Waals surface area contributed by atoms with E-state index in [4.69, 9.17) is 40.8 Å². The number of carbonyl (C=O) groups is 2. The third-order valence-corrected chi connectivity index (χ3v) is 4.60. The van der Waals surface area contributed by atoms with Crippen molar-refractivity contribution in [2.24, 2.45) is 5.92 Å². The predicted octanol–water partition coefficient (Wildman–Crippen LogP) is 3.59. The first kappa shape index (κ1) is 26.6. The van der Waals surface area contributed by atoms with Gasteiger partial charge in [0, 0.05) is 19.1 Å². The molecule has 2 saturated heterocycles. The SMILES string of the molecule is ClCC=CCOC1CCCCO1.O=C(O)C(CC=CCOC1CCCCO1)C(=O)O. The molecule has 2 rings (SSSR count). The minimum atomic E-state index is -1.40. The summed E-state index contributed by atoms with van der Waals surface area (Å²) < 4.78 is 21.5. The van der Waals surface area contributed by atoms with Crippen LogP contribution in [0.2, 0.25) is 0 Å². The van der Waals surface area contributed by atoms with E-state index >= 15 is 0 Å². The van der Waals surface area contributed by atoms with Crippen LogP contribution in [-0.4, -0.2) is 67.0 Å². The molecule has 0 amide bonds. The zero-order chi connectivity index (χ0) is 22.0. The Morgan fingerprint density at radius 1 is 0.867 bits per heavy atom. The van der Waals surface area contributed by atoms with Gasteiger partial charge in [0.2, 0.25) is 0 Å². The lowest BCUT2D eigenvalue weighted by Crippen LogP contribution is -2.23. The van der Waals surface area contributed by atoms with Crippen LogP contribution in [0.15, 0.2) is 24.3 Å². The number of alkyl halides is 1. The monoisotopic (exact) mass is 448 g/mol. The lowest BCUT2D eigenvalue weighted by Gasteiger charge is -2.21. The molecular formula is C21H33ClO8.